The molecule has 4 saturated carbocycles. The first-order valence-corrected chi connectivity index (χ1v) is 13.3. The fraction of sp³-hybridized carbons (Fsp3) is 0.889. The summed E-state index contributed by atoms with van der Waals surface area (Å²) in [6, 6.07) is 0. The Labute approximate surface area is 195 Å². The first kappa shape index (κ1) is 24.1. The van der Waals surface area contributed by atoms with Crippen LogP contribution in [0.15, 0.2) is 17.1 Å². The van der Waals surface area contributed by atoms with Crippen molar-refractivity contribution >= 4 is 5.96 Å². The third-order valence-electron chi connectivity index (χ3n) is 10.2. The Balaban J connectivity index is 1.53. The second-order valence-electron chi connectivity index (χ2n) is 11.9. The topological polar surface area (TPSA) is 90.9 Å². The third kappa shape index (κ3) is 4.49. The van der Waals surface area contributed by atoms with Crippen molar-refractivity contribution in [1.82, 2.24) is 5.32 Å². The van der Waals surface area contributed by atoms with Crippen molar-refractivity contribution in [1.29, 1.82) is 0 Å². The van der Waals surface area contributed by atoms with Gasteiger partial charge in [0.05, 0.1) is 11.2 Å². The van der Waals surface area contributed by atoms with Crippen LogP contribution in [-0.4, -0.2) is 41.0 Å². The van der Waals surface area contributed by atoms with Crippen LogP contribution in [0.4, 0.5) is 0 Å². The van der Waals surface area contributed by atoms with Gasteiger partial charge in [-0.3, -0.25) is 4.99 Å². The van der Waals surface area contributed by atoms with Gasteiger partial charge in [-0.25, -0.2) is 0 Å². The van der Waals surface area contributed by atoms with Crippen LogP contribution in [0.25, 0.3) is 0 Å². The van der Waals surface area contributed by atoms with Crippen molar-refractivity contribution in [3.05, 3.63) is 12.2 Å². The van der Waals surface area contributed by atoms with Crippen LogP contribution in [0.5, 0.6) is 0 Å². The van der Waals surface area contributed by atoms with E-state index in [1.54, 1.807) is 7.05 Å². The van der Waals surface area contributed by atoms with Gasteiger partial charge in [0.25, 0.3) is 0 Å². The van der Waals surface area contributed by atoms with E-state index in [1.807, 2.05) is 6.92 Å². The summed E-state index contributed by atoms with van der Waals surface area (Å²) in [5.74, 6) is 1.75. The van der Waals surface area contributed by atoms with Crippen LogP contribution in [0, 0.1) is 29.1 Å². The van der Waals surface area contributed by atoms with E-state index in [0.717, 1.165) is 32.1 Å². The van der Waals surface area contributed by atoms with E-state index in [2.05, 4.69) is 10.3 Å². The molecule has 4 rings (SSSR count). The zero-order chi connectivity index (χ0) is 23.0. The average molecular weight is 446 g/mol. The minimum Gasteiger partial charge on any atom is -0.390 e. The average Bonchev–Trinajstić information content (AvgIpc) is 3.32. The molecule has 4 fully saturated rings. The number of hydrogen-bond acceptors (Lipinski definition) is 3. The molecule has 0 radical (unpaired) electrons. The smallest absolute Gasteiger partial charge is 0.188 e. The molecule has 0 heterocycles. The molecule has 4 aliphatic carbocycles. The molecule has 0 aliphatic heterocycles. The van der Waals surface area contributed by atoms with E-state index in [-0.39, 0.29) is 11.8 Å². The van der Waals surface area contributed by atoms with Gasteiger partial charge in [0.1, 0.15) is 0 Å². The highest BCUT2D eigenvalue weighted by molar-refractivity contribution is 5.77. The molecule has 6 unspecified atom stereocenters. The fourth-order valence-electron chi connectivity index (χ4n) is 8.35. The Kier molecular flexibility index (Phi) is 6.99. The van der Waals surface area contributed by atoms with Crippen LogP contribution < -0.4 is 11.1 Å². The molecule has 5 N–H and O–H groups in total. The highest BCUT2D eigenvalue weighted by atomic mass is 16.3. The minimum absolute atomic E-state index is 0.117. The highest BCUT2D eigenvalue weighted by Gasteiger charge is 2.55. The van der Waals surface area contributed by atoms with E-state index >= 15 is 0 Å². The van der Waals surface area contributed by atoms with Crippen molar-refractivity contribution in [3.63, 3.8) is 0 Å². The van der Waals surface area contributed by atoms with E-state index in [0.29, 0.717) is 36.2 Å². The lowest BCUT2D eigenvalue weighted by Crippen LogP contribution is -2.45. The number of rotatable bonds is 5. The number of aliphatic imine (C=N–C) groups is 1. The summed E-state index contributed by atoms with van der Waals surface area (Å²) in [7, 11) is 1.67. The Hall–Kier alpha value is -1.07. The summed E-state index contributed by atoms with van der Waals surface area (Å²) in [4.78, 5) is 3.97. The van der Waals surface area contributed by atoms with E-state index in [9.17, 15) is 10.2 Å². The highest BCUT2D eigenvalue weighted by Crippen LogP contribution is 2.59. The maximum atomic E-state index is 11.8. The number of guanidine groups is 1. The predicted octanol–water partition coefficient (Wildman–Crippen LogP) is 4.53. The monoisotopic (exact) mass is 445 g/mol. The second-order valence-corrected chi connectivity index (χ2v) is 11.9. The van der Waals surface area contributed by atoms with Crippen molar-refractivity contribution in [2.24, 2.45) is 39.8 Å². The Morgan fingerprint density at radius 3 is 2.38 bits per heavy atom. The summed E-state index contributed by atoms with van der Waals surface area (Å²) in [5.41, 5.74) is 6.30. The number of nitrogens with one attached hydrogen (secondary N) is 1. The van der Waals surface area contributed by atoms with Crippen LogP contribution in [0.3, 0.4) is 0 Å². The lowest BCUT2D eigenvalue weighted by Gasteiger charge is -2.45. The van der Waals surface area contributed by atoms with Gasteiger partial charge in [0.15, 0.2) is 5.96 Å². The number of fused-ring (bicyclic) bond motifs is 1. The molecule has 1 spiro atoms. The van der Waals surface area contributed by atoms with Gasteiger partial charge in [0.2, 0.25) is 0 Å². The molecule has 5 nitrogen and oxygen atoms in total. The molecule has 0 aromatic rings. The van der Waals surface area contributed by atoms with Crippen molar-refractivity contribution < 1.29 is 10.2 Å². The maximum Gasteiger partial charge on any atom is 0.188 e. The molecule has 4 aliphatic rings. The molecule has 0 saturated heterocycles. The summed E-state index contributed by atoms with van der Waals surface area (Å²) in [6.45, 7) is 7.39. The van der Waals surface area contributed by atoms with Gasteiger partial charge >= 0.3 is 0 Å². The van der Waals surface area contributed by atoms with Gasteiger partial charge in [-0.2, -0.15) is 0 Å². The van der Waals surface area contributed by atoms with Gasteiger partial charge in [-0.05, 0) is 100 Å². The summed E-state index contributed by atoms with van der Waals surface area (Å²) in [5, 5.41) is 26.3. The summed E-state index contributed by atoms with van der Waals surface area (Å²) < 4.78 is 0. The zero-order valence-electron chi connectivity index (χ0n) is 20.5. The summed E-state index contributed by atoms with van der Waals surface area (Å²) in [6.07, 6.45) is 16.0. The van der Waals surface area contributed by atoms with Crippen LogP contribution >= 0.6 is 0 Å². The Morgan fingerprint density at radius 2 is 1.69 bits per heavy atom. The molecule has 32 heavy (non-hydrogen) atoms. The molecule has 0 amide bonds. The molecule has 5 heteroatoms. The first-order chi connectivity index (χ1) is 15.2. The number of allylic oxidation sites excluding steroid dienone is 1. The van der Waals surface area contributed by atoms with Gasteiger partial charge in [-0.1, -0.05) is 37.8 Å². The van der Waals surface area contributed by atoms with Crippen molar-refractivity contribution in [3.8, 4) is 0 Å². The fourth-order valence-corrected chi connectivity index (χ4v) is 8.35. The second kappa shape index (κ2) is 9.29. The first-order valence-electron chi connectivity index (χ1n) is 13.3. The SMILES string of the molecule is C=C(C1CCC(C)(O)C2CCC(O)(CCNC(N)=NC)C2C1)C1CCCCC12CCCC2. The number of hydrogen-bond donors (Lipinski definition) is 4. The van der Waals surface area contributed by atoms with E-state index in [1.165, 1.54) is 56.9 Å². The predicted molar refractivity (Wildman–Crippen MR) is 131 cm³/mol. The number of nitrogens with two attached hydrogens (primary N) is 1. The largest absolute Gasteiger partial charge is 0.390 e. The van der Waals surface area contributed by atoms with Crippen molar-refractivity contribution in [2.75, 3.05) is 13.6 Å². The third-order valence-corrected chi connectivity index (χ3v) is 10.2. The van der Waals surface area contributed by atoms with Gasteiger partial charge < -0.3 is 21.3 Å². The standard InChI is InChI=1S/C27H47N3O2/c1-19(21-8-4-5-11-26(21)12-6-7-13-26)20-9-14-25(2,31)22-10-15-27(32,23(22)18-20)16-17-30-24(28)29-3/h20-23,31-32H,1,4-18H2,2-3H3,(H3,28,29,30). The Morgan fingerprint density at radius 1 is 1.00 bits per heavy atom. The van der Waals surface area contributed by atoms with Gasteiger partial charge in [0, 0.05) is 13.6 Å². The van der Waals surface area contributed by atoms with Crippen LogP contribution in [-0.2, 0) is 0 Å². The molecule has 0 aromatic heterocycles. The zero-order valence-corrected chi connectivity index (χ0v) is 20.5. The van der Waals surface area contributed by atoms with Gasteiger partial charge in [-0.15, -0.1) is 0 Å². The van der Waals surface area contributed by atoms with Crippen molar-refractivity contribution in [2.45, 2.75) is 108 Å². The molecule has 182 valence electrons. The summed E-state index contributed by atoms with van der Waals surface area (Å²) >= 11 is 0. The molecule has 6 atom stereocenters. The quantitative estimate of drug-likeness (QED) is 0.284. The lowest BCUT2D eigenvalue weighted by atomic mass is 9.60. The van der Waals surface area contributed by atoms with Crippen LogP contribution in [0.2, 0.25) is 0 Å². The van der Waals surface area contributed by atoms with Crippen LogP contribution in [0.1, 0.15) is 96.8 Å². The minimum atomic E-state index is -0.754. The molecule has 0 aromatic carbocycles. The normalized spacial score (nSPS) is 41.9. The number of aliphatic hydroxyl groups is 2. The lowest BCUT2D eigenvalue weighted by molar-refractivity contribution is -0.0643. The Bertz CT molecular complexity index is 712. The number of nitrogens with zero attached hydrogens (tertiary/aromatic N) is 1. The van der Waals surface area contributed by atoms with E-state index in [4.69, 9.17) is 12.3 Å². The molecule has 0 bridgehead atoms. The molecular weight excluding hydrogens is 398 g/mol. The van der Waals surface area contributed by atoms with E-state index < -0.39 is 11.2 Å². The maximum absolute atomic E-state index is 11.8. The molecular formula is C27H47N3O2.